The van der Waals surface area contributed by atoms with Crippen molar-refractivity contribution < 1.29 is 18.9 Å². The molecular weight excluding hydrogens is 280 g/mol. The molecule has 1 heterocycles. The number of carboxylic acid groups (broad SMARTS) is 1. The monoisotopic (exact) mass is 296 g/mol. The second-order valence-corrected chi connectivity index (χ2v) is 5.58. The van der Waals surface area contributed by atoms with Gasteiger partial charge in [0.1, 0.15) is 0 Å². The lowest BCUT2D eigenvalue weighted by atomic mass is 10.1. The van der Waals surface area contributed by atoms with E-state index in [2.05, 4.69) is 10.3 Å². The van der Waals surface area contributed by atoms with Gasteiger partial charge in [-0.1, -0.05) is 0 Å². The topological polar surface area (TPSA) is 96.4 Å². The van der Waals surface area contributed by atoms with Crippen LogP contribution in [0.25, 0.3) is 6.08 Å². The van der Waals surface area contributed by atoms with Crippen molar-refractivity contribution >= 4 is 28.8 Å². The van der Waals surface area contributed by atoms with Gasteiger partial charge in [-0.3, -0.25) is 14.0 Å². The zero-order valence-corrected chi connectivity index (χ0v) is 11.9. The van der Waals surface area contributed by atoms with E-state index in [0.717, 1.165) is 6.08 Å². The number of carbonyl (C=O) groups excluding carboxylic acids is 1. The molecule has 0 fully saturated rings. The third-order valence-electron chi connectivity index (χ3n) is 2.40. The Morgan fingerprint density at radius 3 is 2.90 bits per heavy atom. The van der Waals surface area contributed by atoms with Gasteiger partial charge in [0.2, 0.25) is 0 Å². The summed E-state index contributed by atoms with van der Waals surface area (Å²) < 4.78 is 10.9. The van der Waals surface area contributed by atoms with Crippen LogP contribution in [0.3, 0.4) is 0 Å². The normalized spacial score (nSPS) is 12.2. The van der Waals surface area contributed by atoms with Crippen LogP contribution in [0.15, 0.2) is 24.5 Å². The minimum Gasteiger partial charge on any atom is -0.478 e. The number of nitrogens with one attached hydrogen (secondary N) is 1. The molecule has 0 aromatic carbocycles. The number of carboxylic acids is 1. The molecule has 0 bridgehead atoms. The van der Waals surface area contributed by atoms with Crippen LogP contribution in [0.5, 0.6) is 0 Å². The highest BCUT2D eigenvalue weighted by Crippen LogP contribution is 2.09. The Hall–Kier alpha value is -2.02. The van der Waals surface area contributed by atoms with Gasteiger partial charge in [0, 0.05) is 58.9 Å². The molecule has 1 rings (SSSR count). The first-order valence-corrected chi connectivity index (χ1v) is 7.66. The molecule has 7 heteroatoms. The Bertz CT molecular complexity index is 543. The molecule has 0 saturated carbocycles. The zero-order chi connectivity index (χ0) is 15.0. The number of aliphatic carboxylic acids is 1. The molecule has 0 radical (unpaired) electrons. The Labute approximate surface area is 119 Å². The van der Waals surface area contributed by atoms with Gasteiger partial charge in [0.15, 0.2) is 0 Å². The van der Waals surface area contributed by atoms with Crippen molar-refractivity contribution in [3.63, 3.8) is 0 Å². The van der Waals surface area contributed by atoms with Crippen LogP contribution in [0, 0.1) is 0 Å². The molecule has 0 aliphatic heterocycles. The maximum absolute atomic E-state index is 12.0. The number of hydrogen-bond donors (Lipinski definition) is 2. The predicted molar refractivity (Wildman–Crippen MR) is 76.8 cm³/mol. The Morgan fingerprint density at radius 2 is 2.25 bits per heavy atom. The molecule has 1 atom stereocenters. The molecule has 1 unspecified atom stereocenters. The largest absolute Gasteiger partial charge is 0.478 e. The third kappa shape index (κ3) is 5.75. The Kier molecular flexibility index (Phi) is 6.58. The third-order valence-corrected chi connectivity index (χ3v) is 3.26. The number of carbonyl (C=O) groups is 2. The quantitative estimate of drug-likeness (QED) is 0.569. The van der Waals surface area contributed by atoms with Crippen molar-refractivity contribution in [1.82, 2.24) is 10.3 Å². The SMILES string of the molecule is CS(=O)CCCNC(=O)c1ccncc1/C=C/C(=O)O. The highest BCUT2D eigenvalue weighted by Gasteiger charge is 2.09. The van der Waals surface area contributed by atoms with Gasteiger partial charge in [-0.25, -0.2) is 4.79 Å². The fraction of sp³-hybridized carbons (Fsp3) is 0.308. The molecular formula is C13H16N2O4S. The van der Waals surface area contributed by atoms with Gasteiger partial charge in [-0.05, 0) is 18.6 Å². The predicted octanol–water partition coefficient (Wildman–Crippen LogP) is 0.678. The number of rotatable bonds is 7. The standard InChI is InChI=1S/C13H16N2O4S/c1-20(19)8-2-6-15-13(18)11-5-7-14-9-10(11)3-4-12(16)17/h3-5,7,9H,2,6,8H2,1H3,(H,15,18)(H,16,17)/b4-3+. The molecule has 0 spiro atoms. The molecule has 0 saturated heterocycles. The second-order valence-electron chi connectivity index (χ2n) is 4.02. The van der Waals surface area contributed by atoms with Crippen molar-refractivity contribution in [3.8, 4) is 0 Å². The maximum Gasteiger partial charge on any atom is 0.328 e. The number of aromatic nitrogens is 1. The fourth-order valence-electron chi connectivity index (χ4n) is 1.48. The number of nitrogens with zero attached hydrogens (tertiary/aromatic N) is 1. The lowest BCUT2D eigenvalue weighted by Gasteiger charge is -2.06. The van der Waals surface area contributed by atoms with Gasteiger partial charge in [-0.2, -0.15) is 0 Å². The van der Waals surface area contributed by atoms with Crippen molar-refractivity contribution in [2.45, 2.75) is 6.42 Å². The highest BCUT2D eigenvalue weighted by molar-refractivity contribution is 7.84. The number of hydrogen-bond acceptors (Lipinski definition) is 4. The highest BCUT2D eigenvalue weighted by atomic mass is 32.2. The van der Waals surface area contributed by atoms with Gasteiger partial charge in [-0.15, -0.1) is 0 Å². The summed E-state index contributed by atoms with van der Waals surface area (Å²) in [7, 11) is -0.875. The number of amides is 1. The lowest BCUT2D eigenvalue weighted by molar-refractivity contribution is -0.131. The van der Waals surface area contributed by atoms with E-state index in [1.807, 2.05) is 0 Å². The van der Waals surface area contributed by atoms with Crippen LogP contribution in [0.1, 0.15) is 22.3 Å². The molecule has 1 aromatic rings. The lowest BCUT2D eigenvalue weighted by Crippen LogP contribution is -2.26. The van der Waals surface area contributed by atoms with Crippen LogP contribution in [0.4, 0.5) is 0 Å². The van der Waals surface area contributed by atoms with E-state index < -0.39 is 16.8 Å². The Balaban J connectivity index is 2.68. The van der Waals surface area contributed by atoms with E-state index in [0.29, 0.717) is 29.8 Å². The van der Waals surface area contributed by atoms with Gasteiger partial charge in [0.05, 0.1) is 0 Å². The van der Waals surface area contributed by atoms with Gasteiger partial charge < -0.3 is 10.4 Å². The van der Waals surface area contributed by atoms with E-state index in [1.165, 1.54) is 24.5 Å². The molecule has 2 N–H and O–H groups in total. The summed E-state index contributed by atoms with van der Waals surface area (Å²) >= 11 is 0. The minimum atomic E-state index is -1.09. The number of pyridine rings is 1. The first kappa shape index (κ1) is 16.0. The molecule has 1 amide bonds. The van der Waals surface area contributed by atoms with Crippen molar-refractivity contribution in [1.29, 1.82) is 0 Å². The van der Waals surface area contributed by atoms with E-state index in [1.54, 1.807) is 6.26 Å². The first-order chi connectivity index (χ1) is 9.50. The van der Waals surface area contributed by atoms with E-state index in [9.17, 15) is 13.8 Å². The second kappa shape index (κ2) is 8.21. The van der Waals surface area contributed by atoms with Crippen molar-refractivity contribution in [2.24, 2.45) is 0 Å². The summed E-state index contributed by atoms with van der Waals surface area (Å²) in [4.78, 5) is 26.3. The van der Waals surface area contributed by atoms with Crippen molar-refractivity contribution in [2.75, 3.05) is 18.6 Å². The summed E-state index contributed by atoms with van der Waals surface area (Å²) in [5.41, 5.74) is 0.793. The fourth-order valence-corrected chi connectivity index (χ4v) is 2.03. The average Bonchev–Trinajstić information content (AvgIpc) is 2.41. The van der Waals surface area contributed by atoms with Gasteiger partial charge in [0.25, 0.3) is 5.91 Å². The molecule has 6 nitrogen and oxygen atoms in total. The molecule has 20 heavy (non-hydrogen) atoms. The summed E-state index contributed by atoms with van der Waals surface area (Å²) in [5.74, 6) is -0.868. The summed E-state index contributed by atoms with van der Waals surface area (Å²) in [5, 5.41) is 11.3. The van der Waals surface area contributed by atoms with Crippen LogP contribution in [0.2, 0.25) is 0 Å². The summed E-state index contributed by atoms with van der Waals surface area (Å²) in [6, 6.07) is 1.52. The van der Waals surface area contributed by atoms with Crippen molar-refractivity contribution in [3.05, 3.63) is 35.7 Å². The van der Waals surface area contributed by atoms with Crippen LogP contribution in [-0.2, 0) is 15.6 Å². The summed E-state index contributed by atoms with van der Waals surface area (Å²) in [6.45, 7) is 0.419. The van der Waals surface area contributed by atoms with Crippen LogP contribution < -0.4 is 5.32 Å². The summed E-state index contributed by atoms with van der Waals surface area (Å²) in [6.07, 6.45) is 7.41. The van der Waals surface area contributed by atoms with Gasteiger partial charge >= 0.3 is 5.97 Å². The minimum absolute atomic E-state index is 0.306. The van der Waals surface area contributed by atoms with E-state index in [-0.39, 0.29) is 5.91 Å². The molecule has 108 valence electrons. The molecule has 0 aliphatic rings. The smallest absolute Gasteiger partial charge is 0.328 e. The average molecular weight is 296 g/mol. The maximum atomic E-state index is 12.0. The Morgan fingerprint density at radius 1 is 1.50 bits per heavy atom. The van der Waals surface area contributed by atoms with E-state index in [4.69, 9.17) is 5.11 Å². The molecule has 1 aromatic heterocycles. The van der Waals surface area contributed by atoms with Crippen LogP contribution in [-0.4, -0.2) is 44.7 Å². The van der Waals surface area contributed by atoms with E-state index >= 15 is 0 Å². The van der Waals surface area contributed by atoms with Crippen LogP contribution >= 0.6 is 0 Å². The zero-order valence-electron chi connectivity index (χ0n) is 11.0. The first-order valence-electron chi connectivity index (χ1n) is 5.94. The molecule has 0 aliphatic carbocycles.